The van der Waals surface area contributed by atoms with Crippen LogP contribution in [-0.2, 0) is 4.74 Å². The number of carbonyl (C=O) groups is 1. The molecule has 8 heteroatoms. The third kappa shape index (κ3) is 5.91. The molecule has 1 fully saturated rings. The van der Waals surface area contributed by atoms with Crippen LogP contribution in [0.5, 0.6) is 5.75 Å². The number of aromatic amines is 1. The van der Waals surface area contributed by atoms with Gasteiger partial charge in [0.25, 0.3) is 0 Å². The van der Waals surface area contributed by atoms with E-state index in [4.69, 9.17) is 9.47 Å². The van der Waals surface area contributed by atoms with E-state index in [-0.39, 0.29) is 11.5 Å². The zero-order chi connectivity index (χ0) is 22.6. The van der Waals surface area contributed by atoms with Crippen LogP contribution in [0.1, 0.15) is 27.2 Å². The highest BCUT2D eigenvalue weighted by Gasteiger charge is 2.25. The van der Waals surface area contributed by atoms with Gasteiger partial charge in [-0.25, -0.2) is 4.79 Å². The van der Waals surface area contributed by atoms with Gasteiger partial charge in [0.1, 0.15) is 11.4 Å². The van der Waals surface area contributed by atoms with E-state index in [1.807, 2.05) is 40.0 Å². The molecule has 0 aliphatic carbocycles. The Morgan fingerprint density at radius 2 is 1.90 bits per heavy atom. The molecule has 1 aliphatic rings. The highest BCUT2D eigenvalue weighted by Crippen LogP contribution is 2.28. The summed E-state index contributed by atoms with van der Waals surface area (Å²) in [6, 6.07) is 5.40. The lowest BCUT2D eigenvalue weighted by Gasteiger charge is -2.35. The second kappa shape index (κ2) is 9.60. The molecule has 1 aromatic carbocycles. The Labute approximate surface area is 183 Å². The van der Waals surface area contributed by atoms with Crippen LogP contribution in [-0.4, -0.2) is 79.9 Å². The molecule has 0 bridgehead atoms. The number of hydrogen-bond donors (Lipinski definition) is 1. The second-order valence-electron chi connectivity index (χ2n) is 9.00. The molecule has 0 radical (unpaired) electrons. The van der Waals surface area contributed by atoms with Crippen molar-refractivity contribution in [2.75, 3.05) is 58.3 Å². The van der Waals surface area contributed by atoms with Gasteiger partial charge in [0.2, 0.25) is 0 Å². The van der Waals surface area contributed by atoms with Crippen LogP contribution in [0.2, 0.25) is 0 Å². The maximum Gasteiger partial charge on any atom is 0.410 e. The van der Waals surface area contributed by atoms with Crippen LogP contribution in [0.3, 0.4) is 0 Å². The van der Waals surface area contributed by atoms with Crippen molar-refractivity contribution in [2.45, 2.75) is 32.8 Å². The number of rotatable bonds is 6. The van der Waals surface area contributed by atoms with Crippen LogP contribution in [0.25, 0.3) is 10.9 Å². The number of fused-ring (bicyclic) bond motifs is 1. The van der Waals surface area contributed by atoms with Crippen LogP contribution in [0.4, 0.5) is 10.5 Å². The van der Waals surface area contributed by atoms with Crippen molar-refractivity contribution in [3.8, 4) is 5.75 Å². The van der Waals surface area contributed by atoms with E-state index in [0.717, 1.165) is 43.8 Å². The molecule has 1 aromatic heterocycles. The number of ether oxygens (including phenoxy) is 2. The number of nitrogens with zero attached hydrogens (tertiary/aromatic N) is 3. The van der Waals surface area contributed by atoms with Crippen LogP contribution in [0, 0.1) is 0 Å². The van der Waals surface area contributed by atoms with Crippen LogP contribution < -0.4 is 15.1 Å². The molecule has 31 heavy (non-hydrogen) atoms. The zero-order valence-corrected chi connectivity index (χ0v) is 19.2. The van der Waals surface area contributed by atoms with Gasteiger partial charge in [0, 0.05) is 63.8 Å². The highest BCUT2D eigenvalue weighted by molar-refractivity contribution is 5.88. The zero-order valence-electron chi connectivity index (χ0n) is 19.2. The minimum absolute atomic E-state index is 0.0230. The summed E-state index contributed by atoms with van der Waals surface area (Å²) in [5.41, 5.74) is 1.19. The Hall–Kier alpha value is -2.74. The second-order valence-corrected chi connectivity index (χ2v) is 9.00. The van der Waals surface area contributed by atoms with Gasteiger partial charge in [-0.2, -0.15) is 0 Å². The van der Waals surface area contributed by atoms with Crippen molar-refractivity contribution < 1.29 is 14.3 Å². The van der Waals surface area contributed by atoms with Gasteiger partial charge in [-0.15, -0.1) is 0 Å². The Kier molecular flexibility index (Phi) is 7.10. The van der Waals surface area contributed by atoms with Crippen molar-refractivity contribution in [3.63, 3.8) is 0 Å². The molecule has 0 saturated carbocycles. The molecule has 1 N–H and O–H groups in total. The van der Waals surface area contributed by atoms with Crippen molar-refractivity contribution in [1.82, 2.24) is 14.8 Å². The number of pyridine rings is 1. The van der Waals surface area contributed by atoms with Crippen molar-refractivity contribution in [3.05, 3.63) is 34.6 Å². The van der Waals surface area contributed by atoms with E-state index in [2.05, 4.69) is 14.8 Å². The van der Waals surface area contributed by atoms with E-state index in [1.54, 1.807) is 18.2 Å². The summed E-state index contributed by atoms with van der Waals surface area (Å²) in [4.78, 5) is 33.9. The molecule has 1 amide bonds. The smallest absolute Gasteiger partial charge is 0.410 e. The van der Waals surface area contributed by atoms with Crippen molar-refractivity contribution in [1.29, 1.82) is 0 Å². The lowest BCUT2D eigenvalue weighted by Crippen LogP contribution is -2.50. The number of piperazine rings is 1. The third-order valence-electron chi connectivity index (χ3n) is 5.47. The van der Waals surface area contributed by atoms with Gasteiger partial charge < -0.3 is 24.3 Å². The first kappa shape index (κ1) is 22.9. The lowest BCUT2D eigenvalue weighted by atomic mass is 10.1. The third-order valence-corrected chi connectivity index (χ3v) is 5.47. The fourth-order valence-electron chi connectivity index (χ4n) is 3.76. The first-order valence-corrected chi connectivity index (χ1v) is 10.8. The Balaban J connectivity index is 1.51. The normalized spacial score (nSPS) is 15.2. The first-order chi connectivity index (χ1) is 14.7. The minimum atomic E-state index is -0.463. The average molecular weight is 431 g/mol. The maximum absolute atomic E-state index is 12.3. The molecule has 0 atom stereocenters. The fourth-order valence-corrected chi connectivity index (χ4v) is 3.76. The van der Waals surface area contributed by atoms with Gasteiger partial charge in [0.15, 0.2) is 5.43 Å². The molecular formula is C23H34N4O4. The molecule has 2 heterocycles. The van der Waals surface area contributed by atoms with Crippen LogP contribution in [0.15, 0.2) is 29.2 Å². The number of benzene rings is 1. The number of hydrogen-bond acceptors (Lipinski definition) is 6. The van der Waals surface area contributed by atoms with E-state index in [0.29, 0.717) is 24.2 Å². The standard InChI is InChI=1S/C23H34N4O4/c1-23(2,3)31-22(29)27-13-11-26(12-14-27)10-6-9-25(4)17-15-18-19(28)7-8-24-21(18)20(16-17)30-5/h7-8,15-16H,6,9-14H2,1-5H3,(H,24,28). The Morgan fingerprint density at radius 3 is 2.55 bits per heavy atom. The molecule has 1 aliphatic heterocycles. The largest absolute Gasteiger partial charge is 0.494 e. The highest BCUT2D eigenvalue weighted by atomic mass is 16.6. The lowest BCUT2D eigenvalue weighted by molar-refractivity contribution is 0.0145. The van der Waals surface area contributed by atoms with Gasteiger partial charge in [-0.05, 0) is 39.8 Å². The number of aromatic nitrogens is 1. The molecule has 2 aromatic rings. The van der Waals surface area contributed by atoms with Gasteiger partial charge in [0.05, 0.1) is 18.0 Å². The van der Waals surface area contributed by atoms with Gasteiger partial charge in [-0.3, -0.25) is 9.69 Å². The first-order valence-electron chi connectivity index (χ1n) is 10.8. The predicted molar refractivity (Wildman–Crippen MR) is 123 cm³/mol. The maximum atomic E-state index is 12.3. The van der Waals surface area contributed by atoms with Crippen LogP contribution >= 0.6 is 0 Å². The van der Waals surface area contributed by atoms with E-state index in [9.17, 15) is 9.59 Å². The molecule has 0 unspecified atom stereocenters. The van der Waals surface area contributed by atoms with Gasteiger partial charge in [-0.1, -0.05) is 0 Å². The number of carbonyl (C=O) groups excluding carboxylic acids is 1. The predicted octanol–water partition coefficient (Wildman–Crippen LogP) is 2.92. The number of amides is 1. The summed E-state index contributed by atoms with van der Waals surface area (Å²) in [5.74, 6) is 0.662. The quantitative estimate of drug-likeness (QED) is 0.759. The number of H-pyrrole nitrogens is 1. The van der Waals surface area contributed by atoms with E-state index < -0.39 is 5.60 Å². The number of methoxy groups -OCH3 is 1. The topological polar surface area (TPSA) is 78.1 Å². The molecule has 8 nitrogen and oxygen atoms in total. The van der Waals surface area contributed by atoms with Crippen molar-refractivity contribution in [2.24, 2.45) is 0 Å². The summed E-state index contributed by atoms with van der Waals surface area (Å²) in [6.45, 7) is 10.6. The van der Waals surface area contributed by atoms with E-state index >= 15 is 0 Å². The molecule has 170 valence electrons. The monoisotopic (exact) mass is 430 g/mol. The minimum Gasteiger partial charge on any atom is -0.494 e. The molecule has 0 spiro atoms. The van der Waals surface area contributed by atoms with Gasteiger partial charge >= 0.3 is 6.09 Å². The molecule has 3 rings (SSSR count). The molecule has 1 saturated heterocycles. The molecular weight excluding hydrogens is 396 g/mol. The van der Waals surface area contributed by atoms with Crippen molar-refractivity contribution >= 4 is 22.7 Å². The number of nitrogens with one attached hydrogen (secondary N) is 1. The summed E-state index contributed by atoms with van der Waals surface area (Å²) in [6.07, 6.45) is 2.39. The Bertz CT molecular complexity index is 958. The fraction of sp³-hybridized carbons (Fsp3) is 0.565. The Morgan fingerprint density at radius 1 is 1.19 bits per heavy atom. The SMILES string of the molecule is COc1cc(N(C)CCCN2CCN(C(=O)OC(C)(C)C)CC2)cc2c(=O)cc[nH]c12. The number of anilines is 1. The average Bonchev–Trinajstić information content (AvgIpc) is 2.72. The summed E-state index contributed by atoms with van der Waals surface area (Å²) >= 11 is 0. The summed E-state index contributed by atoms with van der Waals surface area (Å²) < 4.78 is 10.9. The summed E-state index contributed by atoms with van der Waals surface area (Å²) in [5, 5.41) is 0.627. The summed E-state index contributed by atoms with van der Waals surface area (Å²) in [7, 11) is 3.64. The van der Waals surface area contributed by atoms with E-state index in [1.165, 1.54) is 6.07 Å².